The van der Waals surface area contributed by atoms with Crippen molar-refractivity contribution in [2.45, 2.75) is 12.8 Å². The van der Waals surface area contributed by atoms with Crippen molar-refractivity contribution in [1.29, 1.82) is 5.41 Å². The largest absolute Gasteiger partial charge is 0.385 e. The fourth-order valence-corrected chi connectivity index (χ4v) is 2.10. The maximum atomic E-state index is 7.95. The number of hydrogen-bond acceptors (Lipinski definition) is 4. The zero-order valence-corrected chi connectivity index (χ0v) is 9.61. The van der Waals surface area contributed by atoms with Crippen LogP contribution in [0, 0.1) is 5.41 Å². The molecular weight excluding hydrogens is 204 g/mol. The number of nitrogens with zero attached hydrogens (tertiary/aromatic N) is 2. The minimum absolute atomic E-state index is 0.543. The van der Waals surface area contributed by atoms with Crippen LogP contribution in [0.5, 0.6) is 0 Å². The number of rotatable bonds is 2. The third kappa shape index (κ3) is 2.66. The molecule has 16 heavy (non-hydrogen) atoms. The summed E-state index contributed by atoms with van der Waals surface area (Å²) in [5.41, 5.74) is 5.98. The van der Waals surface area contributed by atoms with Crippen LogP contribution in [0.3, 0.4) is 0 Å². The standard InChI is InChI=1S/C11H20N4O/c12-10(14-3-1-2-4-14)9-11(13)15-5-7-16-8-6-15/h9,12H,1-8,13H2/b11-9+,12-10?. The molecular formula is C11H20N4O. The normalized spacial score (nSPS) is 22.6. The molecule has 2 aliphatic heterocycles. The Bertz CT molecular complexity index is 278. The minimum atomic E-state index is 0.543. The van der Waals surface area contributed by atoms with Crippen molar-refractivity contribution in [1.82, 2.24) is 9.80 Å². The van der Waals surface area contributed by atoms with Crippen LogP contribution in [-0.4, -0.2) is 55.0 Å². The van der Waals surface area contributed by atoms with Crippen molar-refractivity contribution in [3.8, 4) is 0 Å². The van der Waals surface area contributed by atoms with Crippen molar-refractivity contribution in [2.75, 3.05) is 39.4 Å². The van der Waals surface area contributed by atoms with Crippen molar-refractivity contribution >= 4 is 5.84 Å². The van der Waals surface area contributed by atoms with E-state index >= 15 is 0 Å². The Morgan fingerprint density at radius 3 is 2.31 bits per heavy atom. The highest BCUT2D eigenvalue weighted by Crippen LogP contribution is 2.09. The zero-order chi connectivity index (χ0) is 11.4. The van der Waals surface area contributed by atoms with Crippen molar-refractivity contribution in [3.63, 3.8) is 0 Å². The van der Waals surface area contributed by atoms with E-state index in [0.717, 1.165) is 39.4 Å². The van der Waals surface area contributed by atoms with Crippen LogP contribution in [0.4, 0.5) is 0 Å². The highest BCUT2D eigenvalue weighted by Gasteiger charge is 2.16. The second kappa shape index (κ2) is 5.21. The SMILES string of the molecule is N=C(/C=C(\N)N1CCOCC1)N1CCCC1. The number of nitrogens with two attached hydrogens (primary N) is 1. The van der Waals surface area contributed by atoms with E-state index in [1.807, 2.05) is 0 Å². The van der Waals surface area contributed by atoms with Gasteiger partial charge in [-0.05, 0) is 12.8 Å². The molecule has 0 aromatic rings. The maximum absolute atomic E-state index is 7.95. The predicted octanol–water partition coefficient (Wildman–Crippen LogP) is 0.192. The molecule has 0 saturated carbocycles. The van der Waals surface area contributed by atoms with Gasteiger partial charge in [0, 0.05) is 32.3 Å². The van der Waals surface area contributed by atoms with Gasteiger partial charge in [0.25, 0.3) is 0 Å². The van der Waals surface area contributed by atoms with Gasteiger partial charge >= 0.3 is 0 Å². The summed E-state index contributed by atoms with van der Waals surface area (Å²) < 4.78 is 5.27. The summed E-state index contributed by atoms with van der Waals surface area (Å²) >= 11 is 0. The summed E-state index contributed by atoms with van der Waals surface area (Å²) in [6.45, 7) is 5.10. The first kappa shape index (κ1) is 11.3. The van der Waals surface area contributed by atoms with Crippen LogP contribution in [0.25, 0.3) is 0 Å². The molecule has 0 aromatic carbocycles. The smallest absolute Gasteiger partial charge is 0.124 e. The Balaban J connectivity index is 1.91. The van der Waals surface area contributed by atoms with E-state index in [1.165, 1.54) is 12.8 Å². The van der Waals surface area contributed by atoms with Gasteiger partial charge in [-0.3, -0.25) is 5.41 Å². The van der Waals surface area contributed by atoms with E-state index in [-0.39, 0.29) is 0 Å². The molecule has 90 valence electrons. The zero-order valence-electron chi connectivity index (χ0n) is 9.61. The van der Waals surface area contributed by atoms with Gasteiger partial charge < -0.3 is 20.3 Å². The molecule has 0 aliphatic carbocycles. The number of hydrogen-bond donors (Lipinski definition) is 2. The molecule has 2 saturated heterocycles. The molecule has 0 aromatic heterocycles. The lowest BCUT2D eigenvalue weighted by Crippen LogP contribution is -2.39. The number of morpholine rings is 1. The first-order chi connectivity index (χ1) is 7.77. The summed E-state index contributed by atoms with van der Waals surface area (Å²) in [5.74, 6) is 1.24. The summed E-state index contributed by atoms with van der Waals surface area (Å²) in [5, 5.41) is 7.95. The first-order valence-electron chi connectivity index (χ1n) is 5.91. The minimum Gasteiger partial charge on any atom is -0.385 e. The topological polar surface area (TPSA) is 65.6 Å². The first-order valence-corrected chi connectivity index (χ1v) is 5.91. The molecule has 2 heterocycles. The van der Waals surface area contributed by atoms with Gasteiger partial charge in [0.2, 0.25) is 0 Å². The third-order valence-electron chi connectivity index (χ3n) is 3.11. The van der Waals surface area contributed by atoms with Gasteiger partial charge in [0.15, 0.2) is 0 Å². The molecule has 0 bridgehead atoms. The van der Waals surface area contributed by atoms with E-state index in [2.05, 4.69) is 9.80 Å². The van der Waals surface area contributed by atoms with E-state index in [9.17, 15) is 0 Å². The van der Waals surface area contributed by atoms with Crippen LogP contribution < -0.4 is 5.73 Å². The van der Waals surface area contributed by atoms with Crippen molar-refractivity contribution in [2.24, 2.45) is 5.73 Å². The lowest BCUT2D eigenvalue weighted by Gasteiger charge is -2.29. The Hall–Kier alpha value is -1.23. The highest BCUT2D eigenvalue weighted by atomic mass is 16.5. The van der Waals surface area contributed by atoms with E-state index < -0.39 is 0 Å². The molecule has 2 fully saturated rings. The molecule has 0 radical (unpaired) electrons. The lowest BCUT2D eigenvalue weighted by atomic mass is 10.3. The van der Waals surface area contributed by atoms with Crippen LogP contribution >= 0.6 is 0 Å². The molecule has 0 unspecified atom stereocenters. The highest BCUT2D eigenvalue weighted by molar-refractivity contribution is 5.90. The summed E-state index contributed by atoms with van der Waals surface area (Å²) in [4.78, 5) is 4.15. The monoisotopic (exact) mass is 224 g/mol. The molecule has 5 nitrogen and oxygen atoms in total. The Morgan fingerprint density at radius 1 is 1.06 bits per heavy atom. The predicted molar refractivity (Wildman–Crippen MR) is 63.2 cm³/mol. The quantitative estimate of drug-likeness (QED) is 0.519. The van der Waals surface area contributed by atoms with Crippen LogP contribution in [0.1, 0.15) is 12.8 Å². The van der Waals surface area contributed by atoms with Crippen molar-refractivity contribution in [3.05, 3.63) is 11.9 Å². The number of likely N-dealkylation sites (tertiary alicyclic amines) is 1. The summed E-state index contributed by atoms with van der Waals surface area (Å²) in [7, 11) is 0. The third-order valence-corrected chi connectivity index (χ3v) is 3.11. The van der Waals surface area contributed by atoms with Crippen LogP contribution in [0.2, 0.25) is 0 Å². The molecule has 2 rings (SSSR count). The Kier molecular flexibility index (Phi) is 3.66. The van der Waals surface area contributed by atoms with Gasteiger partial charge in [-0.15, -0.1) is 0 Å². The second-order valence-corrected chi connectivity index (χ2v) is 4.25. The van der Waals surface area contributed by atoms with Crippen molar-refractivity contribution < 1.29 is 4.74 Å². The van der Waals surface area contributed by atoms with Gasteiger partial charge in [-0.1, -0.05) is 0 Å². The van der Waals surface area contributed by atoms with Gasteiger partial charge in [-0.2, -0.15) is 0 Å². The Morgan fingerprint density at radius 2 is 1.69 bits per heavy atom. The molecule has 3 N–H and O–H groups in total. The lowest BCUT2D eigenvalue weighted by molar-refractivity contribution is 0.0530. The van der Waals surface area contributed by atoms with E-state index in [1.54, 1.807) is 6.08 Å². The molecule has 0 spiro atoms. The second-order valence-electron chi connectivity index (χ2n) is 4.25. The van der Waals surface area contributed by atoms with E-state index in [4.69, 9.17) is 15.9 Å². The molecule has 0 atom stereocenters. The number of nitrogens with one attached hydrogen (secondary N) is 1. The number of ether oxygens (including phenoxy) is 1. The average molecular weight is 224 g/mol. The molecule has 0 amide bonds. The van der Waals surface area contributed by atoms with Gasteiger partial charge in [0.1, 0.15) is 11.7 Å². The van der Waals surface area contributed by atoms with Crippen LogP contribution in [-0.2, 0) is 4.74 Å². The number of amidine groups is 1. The fourth-order valence-electron chi connectivity index (χ4n) is 2.10. The van der Waals surface area contributed by atoms with Crippen LogP contribution in [0.15, 0.2) is 11.9 Å². The summed E-state index contributed by atoms with van der Waals surface area (Å²) in [6.07, 6.45) is 4.15. The maximum Gasteiger partial charge on any atom is 0.124 e. The Labute approximate surface area is 96.3 Å². The fraction of sp³-hybridized carbons (Fsp3) is 0.727. The van der Waals surface area contributed by atoms with Gasteiger partial charge in [0.05, 0.1) is 13.2 Å². The summed E-state index contributed by atoms with van der Waals surface area (Å²) in [6, 6.07) is 0. The van der Waals surface area contributed by atoms with E-state index in [0.29, 0.717) is 11.7 Å². The van der Waals surface area contributed by atoms with Gasteiger partial charge in [-0.25, -0.2) is 0 Å². The molecule has 2 aliphatic rings. The molecule has 5 heteroatoms. The average Bonchev–Trinajstić information content (AvgIpc) is 2.83.